The second-order valence-corrected chi connectivity index (χ2v) is 4.98. The van der Waals surface area contributed by atoms with Crippen LogP contribution in [0.1, 0.15) is 15.9 Å². The summed E-state index contributed by atoms with van der Waals surface area (Å²) in [5.41, 5.74) is 0.0369. The van der Waals surface area contributed by atoms with Crippen LogP contribution in [0.3, 0.4) is 0 Å². The van der Waals surface area contributed by atoms with Gasteiger partial charge in [0.2, 0.25) is 0 Å². The van der Waals surface area contributed by atoms with E-state index in [0.717, 1.165) is 19.2 Å². The molecule has 0 saturated carbocycles. The third kappa shape index (κ3) is 4.13. The van der Waals surface area contributed by atoms with Crippen molar-refractivity contribution in [2.45, 2.75) is 12.5 Å². The molecule has 4 nitrogen and oxygen atoms in total. The van der Waals surface area contributed by atoms with Gasteiger partial charge < -0.3 is 10.1 Å². The number of hydrogen-bond acceptors (Lipinski definition) is 3. The second-order valence-electron chi connectivity index (χ2n) is 4.98. The summed E-state index contributed by atoms with van der Waals surface area (Å²) in [7, 11) is 1.13. The van der Waals surface area contributed by atoms with Gasteiger partial charge in [0, 0.05) is 6.42 Å². The summed E-state index contributed by atoms with van der Waals surface area (Å²) in [6, 6.07) is 7.33. The van der Waals surface area contributed by atoms with Crippen molar-refractivity contribution in [2.75, 3.05) is 7.11 Å². The zero-order valence-electron chi connectivity index (χ0n) is 12.7. The van der Waals surface area contributed by atoms with E-state index in [0.29, 0.717) is 5.56 Å². The molecule has 2 rings (SSSR count). The molecular formula is C17H14F3NO3. The molecule has 1 atom stereocenters. The summed E-state index contributed by atoms with van der Waals surface area (Å²) in [4.78, 5) is 23.9. The average Bonchev–Trinajstić information content (AvgIpc) is 2.57. The number of halogens is 3. The first-order valence-electron chi connectivity index (χ1n) is 6.99. The van der Waals surface area contributed by atoms with Gasteiger partial charge in [0.25, 0.3) is 5.91 Å². The van der Waals surface area contributed by atoms with E-state index in [1.54, 1.807) is 0 Å². The Morgan fingerprint density at radius 2 is 1.75 bits per heavy atom. The Morgan fingerprint density at radius 3 is 2.38 bits per heavy atom. The van der Waals surface area contributed by atoms with Gasteiger partial charge in [-0.1, -0.05) is 18.2 Å². The van der Waals surface area contributed by atoms with Gasteiger partial charge in [0.05, 0.1) is 12.7 Å². The molecule has 0 bridgehead atoms. The van der Waals surface area contributed by atoms with Gasteiger partial charge in [0.1, 0.15) is 11.9 Å². The van der Waals surface area contributed by atoms with Gasteiger partial charge in [-0.25, -0.2) is 18.0 Å². The third-order valence-corrected chi connectivity index (χ3v) is 3.34. The molecule has 0 fully saturated rings. The van der Waals surface area contributed by atoms with Gasteiger partial charge in [-0.2, -0.15) is 0 Å². The fourth-order valence-electron chi connectivity index (χ4n) is 2.11. The highest BCUT2D eigenvalue weighted by atomic mass is 19.2. The lowest BCUT2D eigenvalue weighted by molar-refractivity contribution is -0.142. The highest BCUT2D eigenvalue weighted by molar-refractivity contribution is 5.97. The van der Waals surface area contributed by atoms with Crippen LogP contribution in [0.5, 0.6) is 0 Å². The minimum Gasteiger partial charge on any atom is -0.467 e. The first-order valence-corrected chi connectivity index (χ1v) is 6.99. The van der Waals surface area contributed by atoms with E-state index in [1.165, 1.54) is 30.3 Å². The van der Waals surface area contributed by atoms with E-state index in [-0.39, 0.29) is 6.42 Å². The Hall–Kier alpha value is -2.83. The molecule has 1 amide bonds. The van der Waals surface area contributed by atoms with Crippen molar-refractivity contribution in [1.29, 1.82) is 0 Å². The van der Waals surface area contributed by atoms with Crippen molar-refractivity contribution in [3.63, 3.8) is 0 Å². The van der Waals surface area contributed by atoms with E-state index >= 15 is 0 Å². The van der Waals surface area contributed by atoms with Crippen LogP contribution in [0.15, 0.2) is 42.5 Å². The van der Waals surface area contributed by atoms with Crippen LogP contribution >= 0.6 is 0 Å². The first kappa shape index (κ1) is 17.5. The lowest BCUT2D eigenvalue weighted by Gasteiger charge is -2.17. The van der Waals surface area contributed by atoms with E-state index in [1.807, 2.05) is 0 Å². The second kappa shape index (κ2) is 7.63. The number of benzene rings is 2. The molecule has 0 aliphatic heterocycles. The van der Waals surface area contributed by atoms with Crippen molar-refractivity contribution in [3.05, 3.63) is 71.0 Å². The summed E-state index contributed by atoms with van der Waals surface area (Å²) in [6.07, 6.45) is 0.00955. The predicted molar refractivity (Wildman–Crippen MR) is 79.7 cm³/mol. The molecule has 0 saturated heterocycles. The molecule has 0 aliphatic carbocycles. The Morgan fingerprint density at radius 1 is 1.08 bits per heavy atom. The normalized spacial score (nSPS) is 11.7. The maximum absolute atomic E-state index is 13.7. The van der Waals surface area contributed by atoms with Crippen LogP contribution in [-0.2, 0) is 16.0 Å². The molecule has 7 heteroatoms. The fourth-order valence-corrected chi connectivity index (χ4v) is 2.11. The molecule has 0 aliphatic rings. The zero-order valence-corrected chi connectivity index (χ0v) is 12.7. The molecule has 0 radical (unpaired) electrons. The number of nitrogens with one attached hydrogen (secondary N) is 1. The number of esters is 1. The van der Waals surface area contributed by atoms with E-state index in [9.17, 15) is 22.8 Å². The smallest absolute Gasteiger partial charge is 0.328 e. The Bertz CT molecular complexity index is 747. The molecule has 24 heavy (non-hydrogen) atoms. The lowest BCUT2D eigenvalue weighted by Crippen LogP contribution is -2.43. The molecule has 0 heterocycles. The van der Waals surface area contributed by atoms with Gasteiger partial charge in [-0.05, 0) is 29.8 Å². The summed E-state index contributed by atoms with van der Waals surface area (Å²) in [5.74, 6) is -4.63. The SMILES string of the molecule is COC(=O)[C@@H](Cc1ccc(F)cc1)NC(=O)c1cccc(F)c1F. The predicted octanol–water partition coefficient (Wildman–Crippen LogP) is 2.62. The number of carbonyl (C=O) groups is 2. The number of hydrogen-bond donors (Lipinski definition) is 1. The van der Waals surface area contributed by atoms with Crippen LogP contribution in [0.25, 0.3) is 0 Å². The van der Waals surface area contributed by atoms with Crippen molar-refractivity contribution in [1.82, 2.24) is 5.32 Å². The largest absolute Gasteiger partial charge is 0.467 e. The minimum atomic E-state index is -1.31. The van der Waals surface area contributed by atoms with Crippen molar-refractivity contribution in [3.8, 4) is 0 Å². The van der Waals surface area contributed by atoms with Crippen LogP contribution in [-0.4, -0.2) is 25.0 Å². The monoisotopic (exact) mass is 337 g/mol. The maximum Gasteiger partial charge on any atom is 0.328 e. The molecular weight excluding hydrogens is 323 g/mol. The third-order valence-electron chi connectivity index (χ3n) is 3.34. The van der Waals surface area contributed by atoms with E-state index < -0.39 is 40.9 Å². The number of amides is 1. The average molecular weight is 337 g/mol. The Labute approximate surface area is 136 Å². The molecule has 2 aromatic rings. The molecule has 0 aromatic heterocycles. The number of ether oxygens (including phenoxy) is 1. The summed E-state index contributed by atoms with van der Waals surface area (Å²) < 4.78 is 44.4. The van der Waals surface area contributed by atoms with Crippen molar-refractivity contribution in [2.24, 2.45) is 0 Å². The van der Waals surface area contributed by atoms with E-state index in [4.69, 9.17) is 0 Å². The van der Waals surface area contributed by atoms with Crippen LogP contribution in [0, 0.1) is 17.5 Å². The standard InChI is InChI=1S/C17H14F3NO3/c1-24-17(23)14(9-10-5-7-11(18)8-6-10)21-16(22)12-3-2-4-13(19)15(12)20/h2-8,14H,9H2,1H3,(H,21,22)/t14-/m1/s1. The molecule has 0 unspecified atom stereocenters. The van der Waals surface area contributed by atoms with E-state index in [2.05, 4.69) is 10.1 Å². The number of carbonyl (C=O) groups excluding carboxylic acids is 2. The van der Waals surface area contributed by atoms with Crippen molar-refractivity contribution < 1.29 is 27.5 Å². The van der Waals surface area contributed by atoms with Gasteiger partial charge >= 0.3 is 5.97 Å². The number of methoxy groups -OCH3 is 1. The highest BCUT2D eigenvalue weighted by Gasteiger charge is 2.24. The van der Waals surface area contributed by atoms with Gasteiger partial charge in [-0.3, -0.25) is 4.79 Å². The highest BCUT2D eigenvalue weighted by Crippen LogP contribution is 2.13. The van der Waals surface area contributed by atoms with Crippen molar-refractivity contribution >= 4 is 11.9 Å². The molecule has 1 N–H and O–H groups in total. The molecule has 126 valence electrons. The van der Waals surface area contributed by atoms with Crippen LogP contribution in [0.2, 0.25) is 0 Å². The number of rotatable bonds is 5. The Balaban J connectivity index is 2.19. The molecule has 2 aromatic carbocycles. The summed E-state index contributed by atoms with van der Waals surface area (Å²) in [5, 5.41) is 2.30. The first-order chi connectivity index (χ1) is 11.4. The fraction of sp³-hybridized carbons (Fsp3) is 0.176. The van der Waals surface area contributed by atoms with Crippen LogP contribution < -0.4 is 5.32 Å². The van der Waals surface area contributed by atoms with Crippen LogP contribution in [0.4, 0.5) is 13.2 Å². The molecule has 0 spiro atoms. The lowest BCUT2D eigenvalue weighted by atomic mass is 10.1. The quantitative estimate of drug-likeness (QED) is 0.854. The Kier molecular flexibility index (Phi) is 5.57. The summed E-state index contributed by atoms with van der Waals surface area (Å²) >= 11 is 0. The zero-order chi connectivity index (χ0) is 17.7. The minimum absolute atomic E-state index is 0.00955. The van der Waals surface area contributed by atoms with Gasteiger partial charge in [0.15, 0.2) is 11.6 Å². The van der Waals surface area contributed by atoms with Gasteiger partial charge in [-0.15, -0.1) is 0 Å². The maximum atomic E-state index is 13.7. The summed E-state index contributed by atoms with van der Waals surface area (Å²) in [6.45, 7) is 0. The topological polar surface area (TPSA) is 55.4 Å².